The molecule has 0 amide bonds. The van der Waals surface area contributed by atoms with Gasteiger partial charge in [0, 0.05) is 16.7 Å². The highest BCUT2D eigenvalue weighted by Crippen LogP contribution is 2.23. The third-order valence-corrected chi connectivity index (χ3v) is 4.97. The molecule has 0 radical (unpaired) electrons. The number of benzene rings is 1. The van der Waals surface area contributed by atoms with Gasteiger partial charge >= 0.3 is 0 Å². The summed E-state index contributed by atoms with van der Waals surface area (Å²) in [5, 5.41) is 3.43. The molecular weight excluding hydrogens is 266 g/mol. The second kappa shape index (κ2) is 7.94. The van der Waals surface area contributed by atoms with Crippen LogP contribution in [0.5, 0.6) is 0 Å². The second-order valence-electron chi connectivity index (χ2n) is 6.33. The Kier molecular flexibility index (Phi) is 6.90. The molecule has 114 valence electrons. The number of rotatable bonds is 7. The molecule has 0 bridgehead atoms. The van der Waals surface area contributed by atoms with Gasteiger partial charge in [-0.3, -0.25) is 4.21 Å². The molecule has 0 aliphatic rings. The lowest BCUT2D eigenvalue weighted by atomic mass is 9.87. The Hall–Kier alpha value is -0.670. The molecule has 0 saturated heterocycles. The van der Waals surface area contributed by atoms with Gasteiger partial charge in [0.05, 0.1) is 10.8 Å². The van der Waals surface area contributed by atoms with E-state index in [-0.39, 0.29) is 5.41 Å². The summed E-state index contributed by atoms with van der Waals surface area (Å²) in [6, 6.07) is 8.61. The first-order valence-electron chi connectivity index (χ1n) is 7.60. The van der Waals surface area contributed by atoms with Gasteiger partial charge in [0.15, 0.2) is 0 Å². The second-order valence-corrected chi connectivity index (χ2v) is 7.83. The van der Waals surface area contributed by atoms with E-state index in [1.807, 2.05) is 12.1 Å². The van der Waals surface area contributed by atoms with Gasteiger partial charge < -0.3 is 5.32 Å². The summed E-state index contributed by atoms with van der Waals surface area (Å²) in [5.74, 6) is 0.705. The average molecular weight is 295 g/mol. The summed E-state index contributed by atoms with van der Waals surface area (Å²) < 4.78 is 12.4. The van der Waals surface area contributed by atoms with Crippen molar-refractivity contribution in [2.45, 2.75) is 63.8 Å². The first-order valence-corrected chi connectivity index (χ1v) is 8.92. The van der Waals surface area contributed by atoms with E-state index in [0.717, 1.165) is 24.3 Å². The summed E-state index contributed by atoms with van der Waals surface area (Å²) in [6.45, 7) is 11.8. The van der Waals surface area contributed by atoms with E-state index in [4.69, 9.17) is 0 Å². The lowest BCUT2D eigenvalue weighted by molar-refractivity contribution is 0.525. The molecule has 1 aromatic rings. The molecule has 1 aromatic carbocycles. The summed E-state index contributed by atoms with van der Waals surface area (Å²) >= 11 is 0. The van der Waals surface area contributed by atoms with Gasteiger partial charge in [0.2, 0.25) is 0 Å². The molecule has 0 heterocycles. The molecule has 0 saturated carbocycles. The Labute approximate surface area is 126 Å². The quantitative estimate of drug-likeness (QED) is 0.827. The first kappa shape index (κ1) is 17.4. The highest BCUT2D eigenvalue weighted by atomic mass is 32.2. The van der Waals surface area contributed by atoms with Crippen LogP contribution in [0.4, 0.5) is 0 Å². The molecule has 0 spiro atoms. The van der Waals surface area contributed by atoms with E-state index in [0.29, 0.717) is 11.8 Å². The largest absolute Gasteiger partial charge is 0.313 e. The lowest BCUT2D eigenvalue weighted by Gasteiger charge is -2.20. The fraction of sp³-hybridized carbons (Fsp3) is 0.647. The van der Waals surface area contributed by atoms with Gasteiger partial charge in [-0.05, 0) is 36.1 Å². The van der Waals surface area contributed by atoms with Crippen molar-refractivity contribution in [1.82, 2.24) is 5.32 Å². The number of hydrogen-bond acceptors (Lipinski definition) is 2. The first-order chi connectivity index (χ1) is 9.38. The van der Waals surface area contributed by atoms with Crippen molar-refractivity contribution in [1.29, 1.82) is 0 Å². The SMILES string of the molecule is CCCC(CS(=O)c1ccc(C(C)(C)C)cc1)NCC. The maximum absolute atomic E-state index is 12.4. The predicted octanol–water partition coefficient (Wildman–Crippen LogP) is 3.87. The minimum atomic E-state index is -0.914. The Morgan fingerprint density at radius 1 is 1.15 bits per heavy atom. The van der Waals surface area contributed by atoms with E-state index in [1.165, 1.54) is 5.56 Å². The summed E-state index contributed by atoms with van der Waals surface area (Å²) in [4.78, 5) is 0.942. The Balaban J connectivity index is 2.72. The van der Waals surface area contributed by atoms with Gasteiger partial charge in [-0.25, -0.2) is 0 Å². The summed E-state index contributed by atoms with van der Waals surface area (Å²) in [7, 11) is -0.914. The van der Waals surface area contributed by atoms with E-state index in [1.54, 1.807) is 0 Å². The topological polar surface area (TPSA) is 29.1 Å². The summed E-state index contributed by atoms with van der Waals surface area (Å²) in [6.07, 6.45) is 2.21. The van der Waals surface area contributed by atoms with Crippen LogP contribution in [-0.4, -0.2) is 22.5 Å². The highest BCUT2D eigenvalue weighted by molar-refractivity contribution is 7.85. The zero-order valence-corrected chi connectivity index (χ0v) is 14.3. The molecule has 1 rings (SSSR count). The van der Waals surface area contributed by atoms with Gasteiger partial charge in [-0.15, -0.1) is 0 Å². The van der Waals surface area contributed by atoms with Crippen LogP contribution in [-0.2, 0) is 16.2 Å². The minimum absolute atomic E-state index is 0.147. The third-order valence-electron chi connectivity index (χ3n) is 3.47. The van der Waals surface area contributed by atoms with Crippen molar-refractivity contribution >= 4 is 10.8 Å². The predicted molar refractivity (Wildman–Crippen MR) is 88.8 cm³/mol. The molecule has 2 nitrogen and oxygen atoms in total. The van der Waals surface area contributed by atoms with Gasteiger partial charge in [-0.2, -0.15) is 0 Å². The van der Waals surface area contributed by atoms with Crippen molar-refractivity contribution in [2.24, 2.45) is 0 Å². The Morgan fingerprint density at radius 3 is 2.20 bits per heavy atom. The van der Waals surface area contributed by atoms with Crippen LogP contribution in [0.25, 0.3) is 0 Å². The van der Waals surface area contributed by atoms with Crippen LogP contribution in [0.3, 0.4) is 0 Å². The summed E-state index contributed by atoms with van der Waals surface area (Å²) in [5.41, 5.74) is 1.43. The molecule has 2 atom stereocenters. The number of nitrogens with one attached hydrogen (secondary N) is 1. The van der Waals surface area contributed by atoms with E-state index in [9.17, 15) is 4.21 Å². The zero-order chi connectivity index (χ0) is 15.2. The van der Waals surface area contributed by atoms with Crippen molar-refractivity contribution in [2.75, 3.05) is 12.3 Å². The van der Waals surface area contributed by atoms with Crippen molar-refractivity contribution in [3.05, 3.63) is 29.8 Å². The third kappa shape index (κ3) is 5.37. The number of hydrogen-bond donors (Lipinski definition) is 1. The van der Waals surface area contributed by atoms with Crippen LogP contribution < -0.4 is 5.32 Å². The fourth-order valence-corrected chi connectivity index (χ4v) is 3.55. The van der Waals surface area contributed by atoms with E-state index in [2.05, 4.69) is 52.1 Å². The van der Waals surface area contributed by atoms with Crippen molar-refractivity contribution < 1.29 is 4.21 Å². The average Bonchev–Trinajstić information content (AvgIpc) is 2.38. The Bertz CT molecular complexity index is 414. The maximum Gasteiger partial charge on any atom is 0.0545 e. The fourth-order valence-electron chi connectivity index (χ4n) is 2.27. The van der Waals surface area contributed by atoms with Crippen molar-refractivity contribution in [3.63, 3.8) is 0 Å². The molecule has 0 aliphatic heterocycles. The normalized spacial score (nSPS) is 15.1. The highest BCUT2D eigenvalue weighted by Gasteiger charge is 2.15. The molecule has 20 heavy (non-hydrogen) atoms. The lowest BCUT2D eigenvalue weighted by Crippen LogP contribution is -2.33. The van der Waals surface area contributed by atoms with Crippen LogP contribution in [0.2, 0.25) is 0 Å². The molecule has 2 unspecified atom stereocenters. The van der Waals surface area contributed by atoms with Crippen LogP contribution >= 0.6 is 0 Å². The monoisotopic (exact) mass is 295 g/mol. The van der Waals surface area contributed by atoms with Gasteiger partial charge in [0.25, 0.3) is 0 Å². The minimum Gasteiger partial charge on any atom is -0.313 e. The van der Waals surface area contributed by atoms with Crippen LogP contribution in [0.1, 0.15) is 53.0 Å². The smallest absolute Gasteiger partial charge is 0.0545 e. The van der Waals surface area contributed by atoms with E-state index >= 15 is 0 Å². The molecule has 1 N–H and O–H groups in total. The molecular formula is C17H29NOS. The van der Waals surface area contributed by atoms with E-state index < -0.39 is 10.8 Å². The van der Waals surface area contributed by atoms with Gasteiger partial charge in [0.1, 0.15) is 0 Å². The molecule has 0 fully saturated rings. The Morgan fingerprint density at radius 2 is 1.75 bits per heavy atom. The molecule has 3 heteroatoms. The maximum atomic E-state index is 12.4. The van der Waals surface area contributed by atoms with Crippen molar-refractivity contribution in [3.8, 4) is 0 Å². The van der Waals surface area contributed by atoms with Crippen LogP contribution in [0, 0.1) is 0 Å². The standard InChI is InChI=1S/C17H29NOS/c1-6-8-15(18-7-2)13-20(19)16-11-9-14(10-12-16)17(3,4)5/h9-12,15,18H,6-8,13H2,1-5H3. The molecule has 0 aromatic heterocycles. The van der Waals surface area contributed by atoms with Crippen LogP contribution in [0.15, 0.2) is 29.2 Å². The zero-order valence-electron chi connectivity index (χ0n) is 13.5. The molecule has 0 aliphatic carbocycles. The van der Waals surface area contributed by atoms with Gasteiger partial charge in [-0.1, -0.05) is 53.2 Å².